The number of amides is 2. The number of benzene rings is 4. The fourth-order valence-corrected chi connectivity index (χ4v) is 5.63. The van der Waals surface area contributed by atoms with E-state index in [1.54, 1.807) is 24.3 Å². The van der Waals surface area contributed by atoms with E-state index in [0.29, 0.717) is 6.42 Å². The van der Waals surface area contributed by atoms with Crippen LogP contribution in [0.2, 0.25) is 0 Å². The first kappa shape index (κ1) is 38.2. The average molecular weight is 741 g/mol. The molecule has 1 aliphatic rings. The van der Waals surface area contributed by atoms with Crippen LogP contribution < -0.4 is 15.4 Å². The number of alkyl carbamates (subject to hydrolysis) is 2. The Bertz CT molecular complexity index is 1910. The van der Waals surface area contributed by atoms with Crippen molar-refractivity contribution in [3.05, 3.63) is 125 Å². The summed E-state index contributed by atoms with van der Waals surface area (Å²) < 4.78 is 88.9. The molecule has 15 heteroatoms. The maximum atomic E-state index is 14.1. The average Bonchev–Trinajstić information content (AvgIpc) is 3.49. The highest BCUT2D eigenvalue weighted by molar-refractivity contribution is 5.85. The van der Waals surface area contributed by atoms with Gasteiger partial charge in [0.15, 0.2) is 6.10 Å². The second-order valence-electron chi connectivity index (χ2n) is 11.9. The van der Waals surface area contributed by atoms with E-state index in [1.807, 2.05) is 54.6 Å². The zero-order chi connectivity index (χ0) is 38.1. The summed E-state index contributed by atoms with van der Waals surface area (Å²) in [5.74, 6) is -17.0. The van der Waals surface area contributed by atoms with Gasteiger partial charge in [-0.15, -0.1) is 0 Å². The Hall–Kier alpha value is -5.99. The third-order valence-corrected chi connectivity index (χ3v) is 8.32. The number of carbonyl (C=O) groups excluding carboxylic acids is 4. The third-order valence-electron chi connectivity index (χ3n) is 8.32. The molecular weight excluding hydrogens is 707 g/mol. The maximum Gasteiger partial charge on any atom is 0.407 e. The molecule has 10 nitrogen and oxygen atoms in total. The molecule has 0 saturated heterocycles. The number of fused-ring (bicyclic) bond motifs is 3. The summed E-state index contributed by atoms with van der Waals surface area (Å²) in [5.41, 5.74) is 4.64. The molecule has 2 amide bonds. The van der Waals surface area contributed by atoms with Gasteiger partial charge < -0.3 is 29.6 Å². The van der Waals surface area contributed by atoms with E-state index in [9.17, 15) is 41.1 Å². The zero-order valence-corrected chi connectivity index (χ0v) is 28.1. The lowest BCUT2D eigenvalue weighted by atomic mass is 9.98. The third kappa shape index (κ3) is 9.28. The minimum absolute atomic E-state index is 0.0512. The second kappa shape index (κ2) is 17.5. The Kier molecular flexibility index (Phi) is 12.6. The summed E-state index contributed by atoms with van der Waals surface area (Å²) in [6.45, 7) is 1.02. The lowest BCUT2D eigenvalue weighted by molar-refractivity contribution is -0.162. The van der Waals surface area contributed by atoms with Crippen LogP contribution in [0, 0.1) is 29.1 Å². The van der Waals surface area contributed by atoms with Gasteiger partial charge in [0.1, 0.15) is 19.3 Å². The number of ether oxygens (including phenoxy) is 4. The van der Waals surface area contributed by atoms with Gasteiger partial charge in [-0.05, 0) is 54.0 Å². The molecule has 4 aromatic carbocycles. The van der Waals surface area contributed by atoms with Gasteiger partial charge in [-0.25, -0.2) is 32.3 Å². The Morgan fingerprint density at radius 3 is 1.87 bits per heavy atom. The van der Waals surface area contributed by atoms with Crippen LogP contribution >= 0.6 is 0 Å². The number of carbonyl (C=O) groups is 4. The molecular formula is C38H33F5N2O8. The van der Waals surface area contributed by atoms with E-state index in [4.69, 9.17) is 14.2 Å². The molecule has 5 rings (SSSR count). The van der Waals surface area contributed by atoms with E-state index in [0.717, 1.165) is 34.7 Å². The summed E-state index contributed by atoms with van der Waals surface area (Å²) in [7, 11) is 0. The van der Waals surface area contributed by atoms with Crippen molar-refractivity contribution in [2.75, 3.05) is 13.2 Å². The molecule has 278 valence electrons. The van der Waals surface area contributed by atoms with Crippen molar-refractivity contribution in [1.29, 1.82) is 0 Å². The lowest BCUT2D eigenvalue weighted by Gasteiger charge is -2.21. The predicted molar refractivity (Wildman–Crippen MR) is 178 cm³/mol. The topological polar surface area (TPSA) is 129 Å². The number of nitrogens with one attached hydrogen (secondary N) is 2. The molecule has 2 atom stereocenters. The van der Waals surface area contributed by atoms with Crippen molar-refractivity contribution in [2.45, 2.75) is 50.9 Å². The van der Waals surface area contributed by atoms with Gasteiger partial charge in [-0.3, -0.25) is 0 Å². The Balaban J connectivity index is 1.19. The molecule has 0 radical (unpaired) electrons. The molecule has 2 N–H and O–H groups in total. The summed E-state index contributed by atoms with van der Waals surface area (Å²) in [4.78, 5) is 50.9. The summed E-state index contributed by atoms with van der Waals surface area (Å²) in [5, 5.41) is 4.97. The van der Waals surface area contributed by atoms with Crippen molar-refractivity contribution in [3.63, 3.8) is 0 Å². The molecule has 1 aliphatic carbocycles. The number of rotatable bonds is 14. The number of hydrogen-bond acceptors (Lipinski definition) is 8. The number of esters is 2. The van der Waals surface area contributed by atoms with Gasteiger partial charge in [0.2, 0.25) is 34.8 Å². The van der Waals surface area contributed by atoms with Crippen LogP contribution in [0.5, 0.6) is 5.75 Å². The summed E-state index contributed by atoms with van der Waals surface area (Å²) in [6, 6.07) is 22.8. The van der Waals surface area contributed by atoms with Crippen molar-refractivity contribution in [1.82, 2.24) is 10.6 Å². The van der Waals surface area contributed by atoms with Crippen molar-refractivity contribution >= 4 is 24.1 Å². The first-order valence-electron chi connectivity index (χ1n) is 16.5. The molecule has 4 aromatic rings. The quantitative estimate of drug-likeness (QED) is 0.0264. The fourth-order valence-electron chi connectivity index (χ4n) is 5.63. The van der Waals surface area contributed by atoms with Gasteiger partial charge in [0.05, 0.1) is 0 Å². The van der Waals surface area contributed by atoms with Crippen LogP contribution in [0.25, 0.3) is 11.1 Å². The smallest absolute Gasteiger partial charge is 0.407 e. The minimum Gasteiger partial charge on any atom is -0.449 e. The molecule has 0 heterocycles. The first-order chi connectivity index (χ1) is 25.5. The highest BCUT2D eigenvalue weighted by Crippen LogP contribution is 2.44. The van der Waals surface area contributed by atoms with Crippen LogP contribution in [0.4, 0.5) is 31.5 Å². The number of hydrogen-bond donors (Lipinski definition) is 2. The zero-order valence-electron chi connectivity index (χ0n) is 28.1. The van der Waals surface area contributed by atoms with Crippen LogP contribution in [0.1, 0.15) is 48.8 Å². The monoisotopic (exact) mass is 740 g/mol. The molecule has 0 spiro atoms. The van der Waals surface area contributed by atoms with Crippen LogP contribution in [0.15, 0.2) is 78.9 Å². The number of halogens is 5. The Morgan fingerprint density at radius 2 is 1.25 bits per heavy atom. The molecule has 0 aliphatic heterocycles. The van der Waals surface area contributed by atoms with Crippen molar-refractivity contribution < 1.29 is 60.1 Å². The van der Waals surface area contributed by atoms with Gasteiger partial charge >= 0.3 is 24.1 Å². The van der Waals surface area contributed by atoms with Gasteiger partial charge in [-0.2, -0.15) is 8.78 Å². The largest absolute Gasteiger partial charge is 0.449 e. The van der Waals surface area contributed by atoms with E-state index in [2.05, 4.69) is 15.4 Å². The van der Waals surface area contributed by atoms with Crippen LogP contribution in [0.3, 0.4) is 0 Å². The van der Waals surface area contributed by atoms with E-state index >= 15 is 0 Å². The van der Waals surface area contributed by atoms with E-state index in [1.165, 1.54) is 0 Å². The highest BCUT2D eigenvalue weighted by Gasteiger charge is 2.33. The Labute approximate surface area is 300 Å². The van der Waals surface area contributed by atoms with Crippen LogP contribution in [-0.4, -0.2) is 49.4 Å². The van der Waals surface area contributed by atoms with Crippen molar-refractivity contribution in [2.24, 2.45) is 0 Å². The molecule has 0 bridgehead atoms. The normalized spacial score (nSPS) is 12.9. The van der Waals surface area contributed by atoms with Gasteiger partial charge in [0.25, 0.3) is 0 Å². The standard InChI is InChI=1S/C38H33F5N2O8/c1-21(35(46)53-34-32(42)30(40)29(39)31(41)33(34)43)52-36(47)28(17-9-10-18-44-37(48)50-19-22-11-3-2-4-12-22)45-38(49)51-20-27-25-15-7-5-13-23(25)24-14-6-8-16-26(24)27/h2-8,11-16,21,27-28H,9-10,17-20H2,1H3,(H,44,48)(H,45,49)/t21-,28-/m0/s1. The second-order valence-corrected chi connectivity index (χ2v) is 11.9. The van der Waals surface area contributed by atoms with Gasteiger partial charge in [-0.1, -0.05) is 78.9 Å². The molecule has 53 heavy (non-hydrogen) atoms. The predicted octanol–water partition coefficient (Wildman–Crippen LogP) is 7.22. The first-order valence-corrected chi connectivity index (χ1v) is 16.5. The van der Waals surface area contributed by atoms with Crippen LogP contribution in [-0.2, 0) is 30.4 Å². The molecule has 0 aromatic heterocycles. The SMILES string of the molecule is C[C@H](OC(=O)[C@H](CCCCNC(=O)OCc1ccccc1)NC(=O)OCC1c2ccccc2-c2ccccc21)C(=O)Oc1c(F)c(F)c(F)c(F)c1F. The van der Waals surface area contributed by atoms with Crippen molar-refractivity contribution in [3.8, 4) is 16.9 Å². The Morgan fingerprint density at radius 1 is 0.679 bits per heavy atom. The maximum absolute atomic E-state index is 14.1. The minimum atomic E-state index is -2.46. The number of unbranched alkanes of at least 4 members (excludes halogenated alkanes) is 1. The highest BCUT2D eigenvalue weighted by atomic mass is 19.2. The molecule has 0 fully saturated rings. The van der Waals surface area contributed by atoms with E-state index in [-0.39, 0.29) is 38.5 Å². The summed E-state index contributed by atoms with van der Waals surface area (Å²) in [6.07, 6.45) is -3.19. The fraction of sp³-hybridized carbons (Fsp3) is 0.263. The summed E-state index contributed by atoms with van der Waals surface area (Å²) >= 11 is 0. The van der Waals surface area contributed by atoms with E-state index < -0.39 is 71.1 Å². The molecule has 0 unspecified atom stereocenters. The lowest BCUT2D eigenvalue weighted by Crippen LogP contribution is -2.44. The molecule has 0 saturated carbocycles. The van der Waals surface area contributed by atoms with Gasteiger partial charge in [0, 0.05) is 12.5 Å².